The van der Waals surface area contributed by atoms with Gasteiger partial charge >= 0.3 is 0 Å². The SMILES string of the molecule is O=S1(=O)C[C@@H]2[C@@H](C1)NC(=S)N2CCN1C(=S)N[C@H]2CS(=O)(=O)C[C@@H]21. The van der Waals surface area contributed by atoms with Crippen LogP contribution in [0.15, 0.2) is 0 Å². The second kappa shape index (κ2) is 5.39. The molecule has 4 fully saturated rings. The number of hydrogen-bond acceptors (Lipinski definition) is 6. The molecule has 4 aliphatic heterocycles. The Hall–Kier alpha value is -0.720. The van der Waals surface area contributed by atoms with Gasteiger partial charge in [-0.1, -0.05) is 0 Å². The second-order valence-electron chi connectivity index (χ2n) is 6.79. The van der Waals surface area contributed by atoms with E-state index in [2.05, 4.69) is 10.6 Å². The third-order valence-electron chi connectivity index (χ3n) is 5.17. The van der Waals surface area contributed by atoms with Crippen molar-refractivity contribution in [2.75, 3.05) is 36.1 Å². The van der Waals surface area contributed by atoms with E-state index >= 15 is 0 Å². The van der Waals surface area contributed by atoms with Crippen LogP contribution in [-0.4, -0.2) is 97.1 Å². The van der Waals surface area contributed by atoms with E-state index in [0.29, 0.717) is 23.3 Å². The zero-order valence-corrected chi connectivity index (χ0v) is 16.0. The number of hydrogen-bond donors (Lipinski definition) is 2. The lowest BCUT2D eigenvalue weighted by molar-refractivity contribution is 0.286. The Kier molecular flexibility index (Phi) is 3.76. The van der Waals surface area contributed by atoms with Crippen molar-refractivity contribution in [3.63, 3.8) is 0 Å². The molecule has 0 bridgehead atoms. The molecular formula is C12H18N4O4S4. The molecule has 0 saturated carbocycles. The van der Waals surface area contributed by atoms with E-state index < -0.39 is 19.7 Å². The van der Waals surface area contributed by atoms with Gasteiger partial charge in [0.05, 0.1) is 47.2 Å². The van der Waals surface area contributed by atoms with Crippen LogP contribution < -0.4 is 10.6 Å². The Labute approximate surface area is 151 Å². The van der Waals surface area contributed by atoms with Gasteiger partial charge < -0.3 is 20.4 Å². The maximum atomic E-state index is 11.8. The molecule has 24 heavy (non-hydrogen) atoms. The number of rotatable bonds is 3. The van der Waals surface area contributed by atoms with Crippen molar-refractivity contribution in [3.8, 4) is 0 Å². The van der Waals surface area contributed by atoms with E-state index in [-0.39, 0.29) is 47.2 Å². The molecule has 4 atom stereocenters. The van der Waals surface area contributed by atoms with Crippen LogP contribution in [0, 0.1) is 0 Å². The Morgan fingerprint density at radius 3 is 1.54 bits per heavy atom. The lowest BCUT2D eigenvalue weighted by Crippen LogP contribution is -2.45. The molecule has 0 aromatic carbocycles. The summed E-state index contributed by atoms with van der Waals surface area (Å²) in [6.45, 7) is 1.04. The van der Waals surface area contributed by atoms with E-state index in [1.54, 1.807) is 0 Å². The molecule has 2 N–H and O–H groups in total. The van der Waals surface area contributed by atoms with Gasteiger partial charge in [-0.15, -0.1) is 0 Å². The van der Waals surface area contributed by atoms with Crippen LogP contribution in [0.2, 0.25) is 0 Å². The molecule has 0 radical (unpaired) electrons. The van der Waals surface area contributed by atoms with E-state index in [4.69, 9.17) is 24.4 Å². The molecule has 4 aliphatic rings. The maximum absolute atomic E-state index is 11.8. The Morgan fingerprint density at radius 1 is 0.792 bits per heavy atom. The summed E-state index contributed by atoms with van der Waals surface area (Å²) in [6.07, 6.45) is 0. The van der Waals surface area contributed by atoms with Crippen LogP contribution in [0.5, 0.6) is 0 Å². The minimum absolute atomic E-state index is 0.105. The predicted octanol–water partition coefficient (Wildman–Crippen LogP) is -2.30. The molecule has 4 rings (SSSR count). The number of thiocarbonyl (C=S) groups is 2. The van der Waals surface area contributed by atoms with Crippen LogP contribution in [0.4, 0.5) is 0 Å². The Bertz CT molecular complexity index is 743. The van der Waals surface area contributed by atoms with Crippen molar-refractivity contribution in [2.24, 2.45) is 0 Å². The molecule has 12 heteroatoms. The third kappa shape index (κ3) is 2.76. The fraction of sp³-hybridized carbons (Fsp3) is 0.833. The van der Waals surface area contributed by atoms with Gasteiger partial charge in [0.2, 0.25) is 0 Å². The lowest BCUT2D eigenvalue weighted by Gasteiger charge is -2.29. The topological polar surface area (TPSA) is 98.8 Å². The van der Waals surface area contributed by atoms with Gasteiger partial charge in [-0.2, -0.15) is 0 Å². The highest BCUT2D eigenvalue weighted by atomic mass is 32.2. The van der Waals surface area contributed by atoms with Crippen molar-refractivity contribution >= 4 is 54.3 Å². The van der Waals surface area contributed by atoms with Gasteiger partial charge in [-0.25, -0.2) is 16.8 Å². The summed E-state index contributed by atoms with van der Waals surface area (Å²) in [7, 11) is -6.07. The molecule has 0 aromatic heterocycles. The standard InChI is InChI=1S/C12H18N4O4S4/c17-23(18)3-7-9(5-23)15(11(21)13-7)1-2-16-10-6-24(19,20)4-8(10)14-12(16)22/h7-10H,1-6H2,(H,13,21)(H,14,22)/t7-,8+,9-,10+. The van der Waals surface area contributed by atoms with Crippen LogP contribution >= 0.6 is 24.4 Å². The molecule has 4 heterocycles. The zero-order valence-electron chi connectivity index (χ0n) is 12.7. The second-order valence-corrected chi connectivity index (χ2v) is 11.9. The minimum atomic E-state index is -3.03. The third-order valence-corrected chi connectivity index (χ3v) is 9.30. The molecule has 0 unspecified atom stereocenters. The Morgan fingerprint density at radius 2 is 1.17 bits per heavy atom. The van der Waals surface area contributed by atoms with E-state index in [9.17, 15) is 16.8 Å². The normalized spacial score (nSPS) is 38.8. The van der Waals surface area contributed by atoms with Gasteiger partial charge in [0.25, 0.3) is 0 Å². The lowest BCUT2D eigenvalue weighted by atomic mass is 10.2. The van der Waals surface area contributed by atoms with Gasteiger partial charge in [-0.05, 0) is 24.4 Å². The smallest absolute Gasteiger partial charge is 0.169 e. The number of nitrogens with one attached hydrogen (secondary N) is 2. The van der Waals surface area contributed by atoms with Crippen LogP contribution in [0.3, 0.4) is 0 Å². The van der Waals surface area contributed by atoms with Crippen molar-refractivity contribution in [2.45, 2.75) is 24.2 Å². The first-order chi connectivity index (χ1) is 11.2. The minimum Gasteiger partial charge on any atom is -0.357 e. The number of nitrogens with zero attached hydrogens (tertiary/aromatic N) is 2. The highest BCUT2D eigenvalue weighted by Gasteiger charge is 2.49. The van der Waals surface area contributed by atoms with Crippen molar-refractivity contribution in [1.29, 1.82) is 0 Å². The number of fused-ring (bicyclic) bond motifs is 2. The van der Waals surface area contributed by atoms with Crippen molar-refractivity contribution < 1.29 is 16.8 Å². The monoisotopic (exact) mass is 410 g/mol. The largest absolute Gasteiger partial charge is 0.357 e. The van der Waals surface area contributed by atoms with Gasteiger partial charge in [0.1, 0.15) is 0 Å². The van der Waals surface area contributed by atoms with E-state index in [1.165, 1.54) is 0 Å². The van der Waals surface area contributed by atoms with Crippen molar-refractivity contribution in [3.05, 3.63) is 0 Å². The summed E-state index contributed by atoms with van der Waals surface area (Å²) in [5, 5.41) is 7.29. The molecule has 134 valence electrons. The molecule has 4 saturated heterocycles. The molecule has 0 aliphatic carbocycles. The fourth-order valence-corrected chi connectivity index (χ4v) is 8.68. The summed E-state index contributed by atoms with van der Waals surface area (Å²) in [5.74, 6) is 0.434. The summed E-state index contributed by atoms with van der Waals surface area (Å²) in [6, 6.07) is -0.582. The van der Waals surface area contributed by atoms with Gasteiger partial charge in [-0.3, -0.25) is 0 Å². The average Bonchev–Trinajstić information content (AvgIpc) is 3.05. The molecular weight excluding hydrogens is 392 g/mol. The first-order valence-electron chi connectivity index (χ1n) is 7.70. The highest BCUT2D eigenvalue weighted by Crippen LogP contribution is 2.26. The first-order valence-corrected chi connectivity index (χ1v) is 12.2. The average molecular weight is 411 g/mol. The predicted molar refractivity (Wildman–Crippen MR) is 97.3 cm³/mol. The molecule has 0 spiro atoms. The Balaban J connectivity index is 1.45. The van der Waals surface area contributed by atoms with Crippen LogP contribution in [0.1, 0.15) is 0 Å². The fourth-order valence-electron chi connectivity index (χ4n) is 4.08. The van der Waals surface area contributed by atoms with Crippen molar-refractivity contribution in [1.82, 2.24) is 20.4 Å². The van der Waals surface area contributed by atoms with E-state index in [1.807, 2.05) is 9.80 Å². The summed E-state index contributed by atoms with van der Waals surface area (Å²) >= 11 is 10.7. The van der Waals surface area contributed by atoms with Gasteiger partial charge in [0.15, 0.2) is 29.9 Å². The van der Waals surface area contributed by atoms with Crippen LogP contribution in [0.25, 0.3) is 0 Å². The first kappa shape index (κ1) is 16.7. The summed E-state index contributed by atoms with van der Waals surface area (Å²) in [4.78, 5) is 3.81. The van der Waals surface area contributed by atoms with Crippen LogP contribution in [-0.2, 0) is 19.7 Å². The molecule has 8 nitrogen and oxygen atoms in total. The number of sulfone groups is 2. The zero-order chi connectivity index (χ0) is 17.3. The summed E-state index contributed by atoms with van der Waals surface area (Å²) in [5.41, 5.74) is 0. The quantitative estimate of drug-likeness (QED) is 0.494. The molecule has 0 aromatic rings. The van der Waals surface area contributed by atoms with Gasteiger partial charge in [0, 0.05) is 13.1 Å². The molecule has 0 amide bonds. The summed E-state index contributed by atoms with van der Waals surface area (Å²) < 4.78 is 47.2. The highest BCUT2D eigenvalue weighted by molar-refractivity contribution is 7.92. The maximum Gasteiger partial charge on any atom is 0.169 e. The van der Waals surface area contributed by atoms with E-state index in [0.717, 1.165) is 0 Å².